The minimum atomic E-state index is -0.664. The normalized spacial score (nSPS) is 15.1. The molecular weight excluding hydrogens is 186 g/mol. The summed E-state index contributed by atoms with van der Waals surface area (Å²) >= 11 is 0. The van der Waals surface area contributed by atoms with Gasteiger partial charge in [0.25, 0.3) is 0 Å². The zero-order valence-corrected chi connectivity index (χ0v) is 10.0. The molecule has 0 amide bonds. The molecule has 1 unspecified atom stereocenters. The minimum Gasteiger partial charge on any atom is -0.388 e. The third kappa shape index (κ3) is 3.24. The van der Waals surface area contributed by atoms with Crippen molar-refractivity contribution in [1.29, 1.82) is 0 Å². The van der Waals surface area contributed by atoms with Crippen LogP contribution in [0.15, 0.2) is 24.3 Å². The average molecular weight is 207 g/mol. The van der Waals surface area contributed by atoms with Crippen LogP contribution in [0.1, 0.15) is 26.3 Å². The van der Waals surface area contributed by atoms with Gasteiger partial charge in [-0.2, -0.15) is 0 Å². The van der Waals surface area contributed by atoms with Crippen molar-refractivity contribution < 1.29 is 5.11 Å². The van der Waals surface area contributed by atoms with Crippen LogP contribution in [-0.2, 0) is 0 Å². The van der Waals surface area contributed by atoms with E-state index >= 15 is 0 Å². The van der Waals surface area contributed by atoms with Gasteiger partial charge in [0.1, 0.15) is 0 Å². The molecule has 0 aliphatic carbocycles. The fourth-order valence-electron chi connectivity index (χ4n) is 1.25. The quantitative estimate of drug-likeness (QED) is 0.795. The number of hydrogen-bond acceptors (Lipinski definition) is 2. The number of aliphatic hydroxyl groups is 1. The molecular formula is C13H21NO. The van der Waals surface area contributed by atoms with Crippen molar-refractivity contribution in [2.75, 3.05) is 11.9 Å². The van der Waals surface area contributed by atoms with Crippen molar-refractivity contribution in [3.63, 3.8) is 0 Å². The summed E-state index contributed by atoms with van der Waals surface area (Å²) < 4.78 is 0. The molecule has 0 heterocycles. The van der Waals surface area contributed by atoms with E-state index in [1.165, 1.54) is 5.56 Å². The highest BCUT2D eigenvalue weighted by Crippen LogP contribution is 2.19. The topological polar surface area (TPSA) is 32.3 Å². The van der Waals surface area contributed by atoms with E-state index in [4.69, 9.17) is 0 Å². The number of benzene rings is 1. The average Bonchev–Trinajstić information content (AvgIpc) is 2.16. The van der Waals surface area contributed by atoms with Crippen LogP contribution in [0.5, 0.6) is 0 Å². The van der Waals surface area contributed by atoms with Gasteiger partial charge >= 0.3 is 0 Å². The molecule has 2 N–H and O–H groups in total. The summed E-state index contributed by atoms with van der Waals surface area (Å²) in [6.45, 7) is 8.56. The van der Waals surface area contributed by atoms with Gasteiger partial charge in [-0.1, -0.05) is 32.0 Å². The molecule has 84 valence electrons. The highest BCUT2D eigenvalue weighted by atomic mass is 16.3. The fourth-order valence-corrected chi connectivity index (χ4v) is 1.25. The van der Waals surface area contributed by atoms with Gasteiger partial charge in [0.2, 0.25) is 0 Å². The summed E-state index contributed by atoms with van der Waals surface area (Å²) in [6.07, 6.45) is 0. The van der Waals surface area contributed by atoms with Gasteiger partial charge in [-0.15, -0.1) is 0 Å². The number of aryl methyl sites for hydroxylation is 1. The van der Waals surface area contributed by atoms with Gasteiger partial charge in [0.15, 0.2) is 0 Å². The Hall–Kier alpha value is -1.02. The summed E-state index contributed by atoms with van der Waals surface area (Å²) in [6, 6.07) is 8.11. The van der Waals surface area contributed by atoms with Gasteiger partial charge in [-0.05, 0) is 31.4 Å². The molecule has 2 heteroatoms. The van der Waals surface area contributed by atoms with Gasteiger partial charge in [-0.3, -0.25) is 0 Å². The van der Waals surface area contributed by atoms with Crippen LogP contribution in [0.2, 0.25) is 0 Å². The van der Waals surface area contributed by atoms with Crippen molar-refractivity contribution in [3.05, 3.63) is 29.8 Å². The van der Waals surface area contributed by atoms with E-state index in [2.05, 4.69) is 18.3 Å². The highest BCUT2D eigenvalue weighted by Gasteiger charge is 2.24. The van der Waals surface area contributed by atoms with Crippen LogP contribution in [-0.4, -0.2) is 17.3 Å². The second-order valence-electron chi connectivity index (χ2n) is 4.68. The molecule has 1 rings (SSSR count). The highest BCUT2D eigenvalue weighted by molar-refractivity contribution is 5.50. The van der Waals surface area contributed by atoms with Crippen molar-refractivity contribution >= 4 is 5.69 Å². The van der Waals surface area contributed by atoms with Gasteiger partial charge in [0, 0.05) is 12.2 Å². The van der Waals surface area contributed by atoms with E-state index in [0.717, 1.165) is 5.69 Å². The summed E-state index contributed by atoms with van der Waals surface area (Å²) in [5.74, 6) is 0.244. The lowest BCUT2D eigenvalue weighted by Crippen LogP contribution is -2.38. The summed E-state index contributed by atoms with van der Waals surface area (Å²) in [5, 5.41) is 13.4. The molecule has 0 spiro atoms. The number of anilines is 1. The molecule has 0 saturated carbocycles. The van der Waals surface area contributed by atoms with Crippen molar-refractivity contribution in [1.82, 2.24) is 0 Å². The Kier molecular flexibility index (Phi) is 3.75. The Morgan fingerprint density at radius 1 is 1.33 bits per heavy atom. The molecule has 0 radical (unpaired) electrons. The van der Waals surface area contributed by atoms with Crippen LogP contribution in [0.3, 0.4) is 0 Å². The van der Waals surface area contributed by atoms with E-state index in [9.17, 15) is 5.11 Å². The second-order valence-corrected chi connectivity index (χ2v) is 4.68. The first kappa shape index (κ1) is 12.1. The lowest BCUT2D eigenvalue weighted by Gasteiger charge is -2.28. The molecule has 1 aromatic carbocycles. The largest absolute Gasteiger partial charge is 0.388 e. The first-order valence-electron chi connectivity index (χ1n) is 5.45. The minimum absolute atomic E-state index is 0.244. The molecule has 1 aromatic rings. The van der Waals surface area contributed by atoms with Crippen LogP contribution < -0.4 is 5.32 Å². The maximum atomic E-state index is 10.1. The Balaban J connectivity index is 2.62. The summed E-state index contributed by atoms with van der Waals surface area (Å²) in [5.41, 5.74) is 1.64. The molecule has 0 fully saturated rings. The van der Waals surface area contributed by atoms with Crippen LogP contribution in [0.4, 0.5) is 5.69 Å². The van der Waals surface area contributed by atoms with E-state index in [-0.39, 0.29) is 5.92 Å². The first-order valence-corrected chi connectivity index (χ1v) is 5.45. The van der Waals surface area contributed by atoms with E-state index in [0.29, 0.717) is 6.54 Å². The zero-order valence-electron chi connectivity index (χ0n) is 10.0. The molecule has 0 aromatic heterocycles. The smallest absolute Gasteiger partial charge is 0.0813 e. The molecule has 0 saturated heterocycles. The molecule has 0 bridgehead atoms. The molecule has 2 nitrogen and oxygen atoms in total. The second kappa shape index (κ2) is 4.67. The lowest BCUT2D eigenvalue weighted by atomic mass is 9.92. The predicted octanol–water partition coefficient (Wildman–Crippen LogP) is 2.81. The zero-order chi connectivity index (χ0) is 11.5. The van der Waals surface area contributed by atoms with E-state index < -0.39 is 5.60 Å². The third-order valence-electron chi connectivity index (χ3n) is 3.03. The number of hydrogen-bond donors (Lipinski definition) is 2. The maximum Gasteiger partial charge on any atom is 0.0813 e. The number of para-hydroxylation sites is 1. The standard InChI is InChI=1S/C13H21NO/c1-10(2)13(4,15)9-14-12-8-6-5-7-11(12)3/h5-8,10,14-15H,9H2,1-4H3. The summed E-state index contributed by atoms with van der Waals surface area (Å²) in [7, 11) is 0. The Bertz CT molecular complexity index is 318. The van der Waals surface area contributed by atoms with Crippen molar-refractivity contribution in [2.24, 2.45) is 5.92 Å². The molecule has 1 atom stereocenters. The third-order valence-corrected chi connectivity index (χ3v) is 3.03. The van der Waals surface area contributed by atoms with Crippen molar-refractivity contribution in [3.8, 4) is 0 Å². The van der Waals surface area contributed by atoms with Gasteiger partial charge in [-0.25, -0.2) is 0 Å². The predicted molar refractivity (Wildman–Crippen MR) is 65.1 cm³/mol. The fraction of sp³-hybridized carbons (Fsp3) is 0.538. The number of rotatable bonds is 4. The van der Waals surface area contributed by atoms with Crippen LogP contribution in [0, 0.1) is 12.8 Å². The molecule has 0 aliphatic rings. The first-order chi connectivity index (χ1) is 6.93. The van der Waals surface area contributed by atoms with Crippen LogP contribution in [0.25, 0.3) is 0 Å². The maximum absolute atomic E-state index is 10.1. The van der Waals surface area contributed by atoms with Crippen molar-refractivity contribution in [2.45, 2.75) is 33.3 Å². The Labute approximate surface area is 92.3 Å². The summed E-state index contributed by atoms with van der Waals surface area (Å²) in [4.78, 5) is 0. The Morgan fingerprint density at radius 2 is 1.93 bits per heavy atom. The monoisotopic (exact) mass is 207 g/mol. The van der Waals surface area contributed by atoms with Crippen LogP contribution >= 0.6 is 0 Å². The SMILES string of the molecule is Cc1ccccc1NCC(C)(O)C(C)C. The number of nitrogens with one attached hydrogen (secondary N) is 1. The van der Waals surface area contributed by atoms with Gasteiger partial charge < -0.3 is 10.4 Å². The van der Waals surface area contributed by atoms with E-state index in [1.54, 1.807) is 0 Å². The lowest BCUT2D eigenvalue weighted by molar-refractivity contribution is 0.0266. The van der Waals surface area contributed by atoms with Gasteiger partial charge in [0.05, 0.1) is 5.60 Å². The molecule has 0 aliphatic heterocycles. The Morgan fingerprint density at radius 3 is 2.47 bits per heavy atom. The molecule has 15 heavy (non-hydrogen) atoms. The van der Waals surface area contributed by atoms with E-state index in [1.807, 2.05) is 39.0 Å².